The predicted molar refractivity (Wildman–Crippen MR) is 71.2 cm³/mol. The number of amides is 1. The minimum atomic E-state index is 0.0908. The lowest BCUT2D eigenvalue weighted by atomic mass is 9.91. The molecule has 0 aromatic heterocycles. The van der Waals surface area contributed by atoms with Crippen LogP contribution in [0.2, 0.25) is 0 Å². The smallest absolute Gasteiger partial charge is 0.240 e. The first kappa shape index (κ1) is 11.8. The van der Waals surface area contributed by atoms with E-state index in [-0.39, 0.29) is 6.04 Å². The molecule has 2 saturated heterocycles. The molecule has 17 heavy (non-hydrogen) atoms. The van der Waals surface area contributed by atoms with Gasteiger partial charge in [-0.25, -0.2) is 0 Å². The number of carbonyl (C=O) groups excluding carboxylic acids is 1. The molecule has 0 bridgehead atoms. The summed E-state index contributed by atoms with van der Waals surface area (Å²) in [6, 6.07) is 0.665. The van der Waals surface area contributed by atoms with E-state index in [0.29, 0.717) is 11.9 Å². The van der Waals surface area contributed by atoms with Crippen LogP contribution in [0.1, 0.15) is 32.1 Å². The molecule has 0 aromatic carbocycles. The summed E-state index contributed by atoms with van der Waals surface area (Å²) >= 11 is 1.91. The highest BCUT2D eigenvalue weighted by Crippen LogP contribution is 2.37. The first-order chi connectivity index (χ1) is 8.36. The number of piperidine rings is 1. The van der Waals surface area contributed by atoms with Crippen LogP contribution in [0.25, 0.3) is 0 Å². The summed E-state index contributed by atoms with van der Waals surface area (Å²) in [7, 11) is 0. The quantitative estimate of drug-likeness (QED) is 0.769. The summed E-state index contributed by atoms with van der Waals surface area (Å²) in [5.74, 6) is 3.31. The predicted octanol–water partition coefficient (Wildman–Crippen LogP) is 1.48. The van der Waals surface area contributed by atoms with Crippen LogP contribution in [0.3, 0.4) is 0 Å². The van der Waals surface area contributed by atoms with Crippen molar-refractivity contribution in [1.29, 1.82) is 0 Å². The highest BCUT2D eigenvalue weighted by Gasteiger charge is 2.39. The minimum absolute atomic E-state index is 0.0908. The van der Waals surface area contributed by atoms with E-state index < -0.39 is 0 Å². The van der Waals surface area contributed by atoms with E-state index in [0.717, 1.165) is 30.5 Å². The molecule has 3 atom stereocenters. The molecule has 0 aromatic rings. The second kappa shape index (κ2) is 5.19. The van der Waals surface area contributed by atoms with E-state index in [1.807, 2.05) is 11.8 Å². The van der Waals surface area contributed by atoms with Gasteiger partial charge in [-0.1, -0.05) is 6.42 Å². The van der Waals surface area contributed by atoms with Gasteiger partial charge in [0, 0.05) is 30.6 Å². The average Bonchev–Trinajstić information content (AvgIpc) is 2.87. The number of fused-ring (bicyclic) bond motifs is 1. The fraction of sp³-hybridized carbons (Fsp3) is 0.923. The number of nitrogens with one attached hydrogen (secondary N) is 1. The summed E-state index contributed by atoms with van der Waals surface area (Å²) in [6.07, 6.45) is 6.48. The molecule has 0 spiro atoms. The van der Waals surface area contributed by atoms with Gasteiger partial charge in [0.2, 0.25) is 5.91 Å². The fourth-order valence-electron chi connectivity index (χ4n) is 3.65. The Morgan fingerprint density at radius 2 is 2.12 bits per heavy atom. The van der Waals surface area contributed by atoms with Crippen molar-refractivity contribution in [2.75, 3.05) is 24.6 Å². The molecule has 3 nitrogen and oxygen atoms in total. The Morgan fingerprint density at radius 1 is 1.24 bits per heavy atom. The highest BCUT2D eigenvalue weighted by atomic mass is 32.2. The van der Waals surface area contributed by atoms with E-state index in [9.17, 15) is 4.79 Å². The van der Waals surface area contributed by atoms with Crippen molar-refractivity contribution < 1.29 is 4.79 Å². The van der Waals surface area contributed by atoms with Gasteiger partial charge in [0.1, 0.15) is 0 Å². The van der Waals surface area contributed by atoms with Gasteiger partial charge in [0.25, 0.3) is 0 Å². The second-order valence-electron chi connectivity index (χ2n) is 5.51. The third kappa shape index (κ3) is 2.34. The van der Waals surface area contributed by atoms with E-state index in [1.165, 1.54) is 32.1 Å². The molecule has 1 aliphatic carbocycles. The van der Waals surface area contributed by atoms with Crippen molar-refractivity contribution in [2.45, 2.75) is 44.2 Å². The summed E-state index contributed by atoms with van der Waals surface area (Å²) in [6.45, 7) is 1.99. The van der Waals surface area contributed by atoms with Crippen LogP contribution in [0, 0.1) is 5.92 Å². The third-order valence-electron chi connectivity index (χ3n) is 4.50. The number of hydrogen-bond donors (Lipinski definition) is 1. The normalized spacial score (nSPS) is 37.9. The number of likely N-dealkylation sites (tertiary alicyclic amines) is 1. The molecule has 1 saturated carbocycles. The standard InChI is InChI=1S/C13H22N2OS/c16-13(11-9-17-8-6-14-11)15-7-2-4-10-3-1-5-12(10)15/h10-12,14H,1-9H2. The summed E-state index contributed by atoms with van der Waals surface area (Å²) < 4.78 is 0. The maximum atomic E-state index is 12.5. The monoisotopic (exact) mass is 254 g/mol. The number of rotatable bonds is 1. The topological polar surface area (TPSA) is 32.3 Å². The number of carbonyl (C=O) groups is 1. The Hall–Kier alpha value is -0.220. The molecule has 1 N–H and O–H groups in total. The molecule has 4 heteroatoms. The molecular weight excluding hydrogens is 232 g/mol. The van der Waals surface area contributed by atoms with Crippen LogP contribution in [0.5, 0.6) is 0 Å². The largest absolute Gasteiger partial charge is 0.338 e. The van der Waals surface area contributed by atoms with Gasteiger partial charge in [0.15, 0.2) is 0 Å². The molecule has 3 fully saturated rings. The summed E-state index contributed by atoms with van der Waals surface area (Å²) in [5.41, 5.74) is 0. The second-order valence-corrected chi connectivity index (χ2v) is 6.66. The Bertz CT molecular complexity index is 291. The lowest BCUT2D eigenvalue weighted by molar-refractivity contribution is -0.137. The molecule has 3 unspecified atom stereocenters. The van der Waals surface area contributed by atoms with Crippen LogP contribution in [-0.2, 0) is 4.79 Å². The molecule has 0 radical (unpaired) electrons. The SMILES string of the molecule is O=C(C1CSCCN1)N1CCCC2CCCC21. The van der Waals surface area contributed by atoms with Crippen LogP contribution < -0.4 is 5.32 Å². The molecule has 96 valence electrons. The van der Waals surface area contributed by atoms with Gasteiger partial charge in [-0.05, 0) is 31.6 Å². The maximum Gasteiger partial charge on any atom is 0.240 e. The van der Waals surface area contributed by atoms with Crippen molar-refractivity contribution >= 4 is 17.7 Å². The Kier molecular flexibility index (Phi) is 3.61. The number of nitrogens with zero attached hydrogens (tertiary/aromatic N) is 1. The van der Waals surface area contributed by atoms with E-state index >= 15 is 0 Å². The molecule has 1 amide bonds. The Morgan fingerprint density at radius 3 is 2.94 bits per heavy atom. The molecule has 3 rings (SSSR count). The number of hydrogen-bond acceptors (Lipinski definition) is 3. The van der Waals surface area contributed by atoms with E-state index in [2.05, 4.69) is 10.2 Å². The molecular formula is C13H22N2OS. The Labute approximate surface area is 108 Å². The number of thioether (sulfide) groups is 1. The minimum Gasteiger partial charge on any atom is -0.338 e. The molecule has 3 aliphatic rings. The molecule has 2 heterocycles. The zero-order chi connectivity index (χ0) is 11.7. The van der Waals surface area contributed by atoms with Gasteiger partial charge in [-0.15, -0.1) is 0 Å². The highest BCUT2D eigenvalue weighted by molar-refractivity contribution is 7.99. The van der Waals surface area contributed by atoms with Crippen LogP contribution in [0.4, 0.5) is 0 Å². The van der Waals surface area contributed by atoms with E-state index in [1.54, 1.807) is 0 Å². The fourth-order valence-corrected chi connectivity index (χ4v) is 4.58. The molecule has 2 aliphatic heterocycles. The third-order valence-corrected chi connectivity index (χ3v) is 5.56. The van der Waals surface area contributed by atoms with Crippen molar-refractivity contribution in [1.82, 2.24) is 10.2 Å². The summed E-state index contributed by atoms with van der Waals surface area (Å²) in [4.78, 5) is 14.8. The van der Waals surface area contributed by atoms with Crippen molar-refractivity contribution in [3.05, 3.63) is 0 Å². The van der Waals surface area contributed by atoms with Gasteiger partial charge in [-0.2, -0.15) is 11.8 Å². The van der Waals surface area contributed by atoms with Gasteiger partial charge < -0.3 is 10.2 Å². The van der Waals surface area contributed by atoms with Gasteiger partial charge in [-0.3, -0.25) is 4.79 Å². The Balaban J connectivity index is 1.67. The lowest BCUT2D eigenvalue weighted by Crippen LogP contribution is -2.55. The lowest BCUT2D eigenvalue weighted by Gasteiger charge is -2.40. The van der Waals surface area contributed by atoms with Crippen LogP contribution in [0.15, 0.2) is 0 Å². The average molecular weight is 254 g/mol. The van der Waals surface area contributed by atoms with Crippen LogP contribution >= 0.6 is 11.8 Å². The van der Waals surface area contributed by atoms with Gasteiger partial charge >= 0.3 is 0 Å². The van der Waals surface area contributed by atoms with Crippen molar-refractivity contribution in [3.8, 4) is 0 Å². The van der Waals surface area contributed by atoms with Gasteiger partial charge in [0.05, 0.1) is 6.04 Å². The van der Waals surface area contributed by atoms with Crippen molar-refractivity contribution in [3.63, 3.8) is 0 Å². The first-order valence-electron chi connectivity index (χ1n) is 6.98. The maximum absolute atomic E-state index is 12.5. The van der Waals surface area contributed by atoms with Crippen LogP contribution in [-0.4, -0.2) is 47.5 Å². The zero-order valence-corrected chi connectivity index (χ0v) is 11.2. The van der Waals surface area contributed by atoms with Crippen molar-refractivity contribution in [2.24, 2.45) is 5.92 Å². The summed E-state index contributed by atoms with van der Waals surface area (Å²) in [5, 5.41) is 3.38. The zero-order valence-electron chi connectivity index (χ0n) is 10.4. The van der Waals surface area contributed by atoms with E-state index in [4.69, 9.17) is 0 Å². The first-order valence-corrected chi connectivity index (χ1v) is 8.13.